The Bertz CT molecular complexity index is 1320. The van der Waals surface area contributed by atoms with E-state index in [0.717, 1.165) is 22.0 Å². The lowest BCUT2D eigenvalue weighted by Crippen LogP contribution is -2.35. The molecule has 0 spiro atoms. The Morgan fingerprint density at radius 2 is 1.08 bits per heavy atom. The fourth-order valence-electron chi connectivity index (χ4n) is 3.91. The maximum absolute atomic E-state index is 11.5. The average Bonchev–Trinajstić information content (AvgIpc) is 2.91. The molecule has 7 nitrogen and oxygen atoms in total. The Kier molecular flexibility index (Phi) is 9.31. The van der Waals surface area contributed by atoms with Crippen LogP contribution in [0.15, 0.2) is 115 Å². The van der Waals surface area contributed by atoms with Gasteiger partial charge in [-0.25, -0.2) is 4.79 Å². The van der Waals surface area contributed by atoms with Crippen molar-refractivity contribution in [2.45, 2.75) is 0 Å². The van der Waals surface area contributed by atoms with E-state index in [1.165, 1.54) is 18.2 Å². The summed E-state index contributed by atoms with van der Waals surface area (Å²) in [5.41, 5.74) is -0.188. The number of carbonyl (C=O) groups excluding carboxylic acids is 1. The van der Waals surface area contributed by atoms with Gasteiger partial charge in [0.05, 0.1) is 17.7 Å². The van der Waals surface area contributed by atoms with Gasteiger partial charge in [-0.1, -0.05) is 66.7 Å². The van der Waals surface area contributed by atoms with E-state index in [1.807, 2.05) is 54.6 Å². The van der Waals surface area contributed by atoms with Gasteiger partial charge < -0.3 is 15.0 Å². The van der Waals surface area contributed by atoms with E-state index in [-0.39, 0.29) is 16.9 Å². The average molecular weight is 537 g/mol. The zero-order valence-corrected chi connectivity index (χ0v) is 21.4. The van der Waals surface area contributed by atoms with Gasteiger partial charge in [0.25, 0.3) is 10.1 Å². The third-order valence-electron chi connectivity index (χ3n) is 5.62. The number of carboxylic acids is 2. The third kappa shape index (κ3) is 7.33. The summed E-state index contributed by atoms with van der Waals surface area (Å²) < 4.78 is 32.5. The summed E-state index contributed by atoms with van der Waals surface area (Å²) in [5, 5.41) is 22.1. The number of carbonyl (C=O) groups is 2. The second-order valence-electron chi connectivity index (χ2n) is 8.00. The molecule has 0 aliphatic carbocycles. The minimum Gasteiger partial charge on any atom is -0.545 e. The lowest BCUT2D eigenvalue weighted by atomic mass is 10.1. The number of benzene rings is 4. The molecule has 0 aromatic heterocycles. The molecule has 4 aromatic carbocycles. The molecular formula is C28H25O7PS. The van der Waals surface area contributed by atoms with Gasteiger partial charge in [-0.3, -0.25) is 4.55 Å². The van der Waals surface area contributed by atoms with Crippen LogP contribution in [0.25, 0.3) is 0 Å². The smallest absolute Gasteiger partial charge is 0.335 e. The van der Waals surface area contributed by atoms with E-state index in [4.69, 9.17) is 5.11 Å². The highest BCUT2D eigenvalue weighted by Gasteiger charge is 2.45. The minimum atomic E-state index is -4.05. The molecule has 0 aliphatic heterocycles. The zero-order valence-electron chi connectivity index (χ0n) is 19.7. The van der Waals surface area contributed by atoms with Crippen molar-refractivity contribution < 1.29 is 32.8 Å². The second kappa shape index (κ2) is 12.4. The van der Waals surface area contributed by atoms with E-state index in [9.17, 15) is 27.7 Å². The molecule has 2 N–H and O–H groups in total. The van der Waals surface area contributed by atoms with Gasteiger partial charge >= 0.3 is 5.97 Å². The Balaban J connectivity index is 0.000000266. The van der Waals surface area contributed by atoms with E-state index in [0.29, 0.717) is 6.16 Å². The molecule has 0 unspecified atom stereocenters. The first-order chi connectivity index (χ1) is 17.6. The fraction of sp³-hybridized carbons (Fsp3) is 0.0714. The largest absolute Gasteiger partial charge is 0.545 e. The molecule has 4 aromatic rings. The topological polar surface area (TPSA) is 132 Å². The monoisotopic (exact) mass is 536 g/mol. The maximum atomic E-state index is 11.5. The Morgan fingerprint density at radius 1 is 0.676 bits per heavy atom. The number of hydrogen-bond acceptors (Lipinski definition) is 5. The van der Waals surface area contributed by atoms with E-state index in [1.54, 1.807) is 0 Å². The molecular weight excluding hydrogens is 511 g/mol. The number of hydrogen-bond donors (Lipinski definition) is 2. The highest BCUT2D eigenvalue weighted by molar-refractivity contribution is 7.96. The second-order valence-corrected chi connectivity index (χ2v) is 13.2. The van der Waals surface area contributed by atoms with Crippen molar-refractivity contribution in [3.63, 3.8) is 0 Å². The Labute approximate surface area is 216 Å². The maximum Gasteiger partial charge on any atom is 0.335 e. The molecule has 0 radical (unpaired) electrons. The number of rotatable bonds is 8. The highest BCUT2D eigenvalue weighted by Crippen LogP contribution is 2.55. The van der Waals surface area contributed by atoms with Crippen LogP contribution in [0.1, 0.15) is 20.7 Å². The van der Waals surface area contributed by atoms with Crippen LogP contribution in [-0.2, 0) is 10.1 Å². The summed E-state index contributed by atoms with van der Waals surface area (Å²) in [6.45, 7) is 0. The lowest BCUT2D eigenvalue weighted by molar-refractivity contribution is -0.255. The summed E-state index contributed by atoms with van der Waals surface area (Å²) in [7, 11) is -6.24. The van der Waals surface area contributed by atoms with Crippen LogP contribution in [0.2, 0.25) is 0 Å². The Morgan fingerprint density at radius 3 is 1.43 bits per heavy atom. The fourth-order valence-corrected chi connectivity index (χ4v) is 9.64. The van der Waals surface area contributed by atoms with Crippen LogP contribution < -0.4 is 21.0 Å². The van der Waals surface area contributed by atoms with Crippen molar-refractivity contribution >= 4 is 45.2 Å². The van der Waals surface area contributed by atoms with Crippen molar-refractivity contribution in [3.8, 4) is 0 Å². The summed E-state index contributed by atoms with van der Waals surface area (Å²) in [6, 6.07) is 35.0. The molecule has 0 saturated carbocycles. The van der Waals surface area contributed by atoms with Crippen LogP contribution in [-0.4, -0.2) is 41.9 Å². The minimum absolute atomic E-state index is 0.0586. The van der Waals surface area contributed by atoms with Crippen LogP contribution in [0.5, 0.6) is 0 Å². The molecule has 190 valence electrons. The van der Waals surface area contributed by atoms with E-state index >= 15 is 0 Å². The summed E-state index contributed by atoms with van der Waals surface area (Å²) in [5.74, 6) is -2.80. The molecule has 0 aliphatic rings. The summed E-state index contributed by atoms with van der Waals surface area (Å²) >= 11 is 0. The molecule has 4 rings (SSSR count). The van der Waals surface area contributed by atoms with Gasteiger partial charge in [0.15, 0.2) is 0 Å². The standard InChI is InChI=1S/C20H19O3PS.C8H6O4/c21-25(22,23)17-16-24(18-10-4-1-5-11-18,19-12-6-2-7-13-19)20-14-8-3-9-15-20;9-7(10)5-2-1-3-6(4-5)8(11)12/h1-15H,16-17H2;1-4H,(H,9,10)(H,11,12). The van der Waals surface area contributed by atoms with Crippen LogP contribution in [0, 0.1) is 0 Å². The van der Waals surface area contributed by atoms with E-state index < -0.39 is 29.3 Å². The zero-order chi connectivity index (χ0) is 26.9. The molecule has 0 amide bonds. The quantitative estimate of drug-likeness (QED) is 0.261. The Hall–Kier alpha value is -3.84. The van der Waals surface area contributed by atoms with Crippen molar-refractivity contribution in [2.75, 3.05) is 11.9 Å². The predicted octanol–water partition coefficient (Wildman–Crippen LogP) is 2.62. The molecule has 0 saturated heterocycles. The molecule has 37 heavy (non-hydrogen) atoms. The van der Waals surface area contributed by atoms with Crippen molar-refractivity contribution in [2.24, 2.45) is 0 Å². The molecule has 0 fully saturated rings. The van der Waals surface area contributed by atoms with Crippen molar-refractivity contribution in [1.29, 1.82) is 0 Å². The molecule has 0 heterocycles. The van der Waals surface area contributed by atoms with Gasteiger partial charge in [0, 0.05) is 0 Å². The third-order valence-corrected chi connectivity index (χ3v) is 11.1. The summed E-state index contributed by atoms with van der Waals surface area (Å²) in [6.07, 6.45) is 0.365. The van der Waals surface area contributed by atoms with Crippen LogP contribution in [0.4, 0.5) is 0 Å². The first-order valence-corrected chi connectivity index (χ1v) is 14.8. The first kappa shape index (κ1) is 27.7. The van der Waals surface area contributed by atoms with Gasteiger partial charge in [0.2, 0.25) is 0 Å². The van der Waals surface area contributed by atoms with Gasteiger partial charge in [-0.2, -0.15) is 8.42 Å². The van der Waals surface area contributed by atoms with Gasteiger partial charge in [-0.15, -0.1) is 0 Å². The highest BCUT2D eigenvalue weighted by atomic mass is 32.2. The molecule has 0 atom stereocenters. The lowest BCUT2D eigenvalue weighted by Gasteiger charge is -2.27. The van der Waals surface area contributed by atoms with Gasteiger partial charge in [-0.05, 0) is 54.1 Å². The van der Waals surface area contributed by atoms with Crippen molar-refractivity contribution in [3.05, 3.63) is 126 Å². The van der Waals surface area contributed by atoms with Gasteiger partial charge in [0.1, 0.15) is 28.9 Å². The first-order valence-electron chi connectivity index (χ1n) is 11.2. The molecule has 9 heteroatoms. The summed E-state index contributed by atoms with van der Waals surface area (Å²) in [4.78, 5) is 20.6. The van der Waals surface area contributed by atoms with Crippen LogP contribution in [0.3, 0.4) is 0 Å². The normalized spacial score (nSPS) is 11.2. The van der Waals surface area contributed by atoms with Crippen LogP contribution >= 0.6 is 7.26 Å². The SMILES string of the molecule is O=C([O-])c1cccc(C(=O)O)c1.O=S(=O)(O)CC[P+](c1ccccc1)(c1ccccc1)c1ccccc1. The number of carboxylic acid groups (broad SMARTS) is 2. The predicted molar refractivity (Wildman–Crippen MR) is 144 cm³/mol. The number of aromatic carboxylic acids is 2. The van der Waals surface area contributed by atoms with Crippen molar-refractivity contribution in [1.82, 2.24) is 0 Å². The van der Waals surface area contributed by atoms with E-state index in [2.05, 4.69) is 36.4 Å². The molecule has 0 bridgehead atoms.